The monoisotopic (exact) mass is 843 g/mol. The molecule has 0 N–H and O–H groups in total. The molecule has 7 rings (SSSR count). The zero-order valence-electron chi connectivity index (χ0n) is 36.5. The number of fused-ring (bicyclic) bond motifs is 6. The van der Waals surface area contributed by atoms with Crippen molar-refractivity contribution in [3.63, 3.8) is 0 Å². The Hall–Kier alpha value is -3.99. The van der Waals surface area contributed by atoms with Crippen molar-refractivity contribution >= 4 is 53.4 Å². The average Bonchev–Trinajstić information content (AvgIpc) is 3.49. The fourth-order valence-corrected chi connectivity index (χ4v) is 16.0. The van der Waals surface area contributed by atoms with Gasteiger partial charge in [0.25, 0.3) is 0 Å². The summed E-state index contributed by atoms with van der Waals surface area (Å²) in [6.45, 7) is 21.6. The van der Waals surface area contributed by atoms with Gasteiger partial charge >= 0.3 is 6.09 Å². The van der Waals surface area contributed by atoms with Crippen LogP contribution >= 0.6 is 11.8 Å². The third-order valence-electron chi connectivity index (χ3n) is 12.6. The minimum atomic E-state index is -2.28. The highest BCUT2D eigenvalue weighted by atomic mass is 32.2. The maximum absolute atomic E-state index is 17.8. The summed E-state index contributed by atoms with van der Waals surface area (Å²) in [5.41, 5.74) is 5.65. The van der Waals surface area contributed by atoms with Gasteiger partial charge in [0.1, 0.15) is 42.3 Å². The molecule has 3 atom stereocenters. The Morgan fingerprint density at radius 1 is 0.983 bits per heavy atom. The van der Waals surface area contributed by atoms with E-state index >= 15 is 8.78 Å². The molecule has 1 amide bonds. The van der Waals surface area contributed by atoms with Crippen molar-refractivity contribution in [1.82, 2.24) is 19.9 Å². The maximum Gasteiger partial charge on any atom is 0.410 e. The van der Waals surface area contributed by atoms with Crippen LogP contribution in [0.4, 0.5) is 19.4 Å². The molecule has 0 spiro atoms. The number of nitrogens with zero attached hydrogens (tertiary/aromatic N) is 5. The first kappa shape index (κ1) is 43.1. The van der Waals surface area contributed by atoms with E-state index in [0.717, 1.165) is 25.7 Å². The maximum atomic E-state index is 17.8. The Labute approximate surface area is 353 Å². The van der Waals surface area contributed by atoms with Crippen LogP contribution in [0.3, 0.4) is 0 Å². The molecule has 0 saturated carbocycles. The molecule has 2 saturated heterocycles. The lowest BCUT2D eigenvalue weighted by Gasteiger charge is -2.48. The molecule has 2 aromatic carbocycles. The number of thioether (sulfide) groups is 1. The molecule has 3 aliphatic rings. The second-order valence-corrected chi connectivity index (χ2v) is 25.0. The Morgan fingerprint density at radius 3 is 2.37 bits per heavy atom. The normalized spacial score (nSPS) is 19.3. The number of rotatable bonds is 9. The Kier molecular flexibility index (Phi) is 12.3. The molecule has 0 unspecified atom stereocenters. The summed E-state index contributed by atoms with van der Waals surface area (Å²) in [4.78, 5) is 33.0. The van der Waals surface area contributed by atoms with Crippen molar-refractivity contribution in [2.24, 2.45) is 0 Å². The standard InChI is InChI=1S/C46H59F2N5O4SSi/c1-12-58-44-50-42-39-35(14-13-15-36-37-19-17-30(24-52(36)43(39)51-44)53(37)45(54)57-46(8,9)10)49-41(40(42)48)33-23-31(56-25-55-11)22-29-16-18-34(47)32(38(29)33)20-21-59(26(2)3,27(4)5)28(6)7/h16,18,22-23,26-28,30,36-37H,12-15,17,19,24-25H2,1-11H3/t30-,36-,37+/m1/s1. The number of carbonyl (C=O) groups excluding carboxylic acids is 1. The van der Waals surface area contributed by atoms with E-state index in [0.29, 0.717) is 79.5 Å². The fourth-order valence-electron chi connectivity index (χ4n) is 10.2. The summed E-state index contributed by atoms with van der Waals surface area (Å²) >= 11 is 1.46. The third kappa shape index (κ3) is 7.90. The molecule has 3 aliphatic heterocycles. The van der Waals surface area contributed by atoms with Gasteiger partial charge in [-0.2, -0.15) is 0 Å². The molecular formula is C46H59F2N5O4SSi. The van der Waals surface area contributed by atoms with Gasteiger partial charge in [0, 0.05) is 24.6 Å². The van der Waals surface area contributed by atoms with Crippen LogP contribution < -0.4 is 9.64 Å². The van der Waals surface area contributed by atoms with Gasteiger partial charge in [-0.1, -0.05) is 72.2 Å². The number of halogens is 2. The molecule has 316 valence electrons. The number of aryl methyl sites for hydroxylation is 1. The first-order chi connectivity index (χ1) is 28.0. The van der Waals surface area contributed by atoms with Crippen molar-refractivity contribution in [2.75, 3.05) is 31.1 Å². The third-order valence-corrected chi connectivity index (χ3v) is 19.6. The van der Waals surface area contributed by atoms with Crippen LogP contribution in [0.2, 0.25) is 16.6 Å². The Bertz CT molecular complexity index is 2300. The van der Waals surface area contributed by atoms with Crippen LogP contribution in [0.15, 0.2) is 29.4 Å². The summed E-state index contributed by atoms with van der Waals surface area (Å²) < 4.78 is 51.3. The molecule has 2 aromatic heterocycles. The predicted octanol–water partition coefficient (Wildman–Crippen LogP) is 11.1. The molecule has 2 bridgehead atoms. The Morgan fingerprint density at radius 2 is 1.71 bits per heavy atom. The number of methoxy groups -OCH3 is 1. The van der Waals surface area contributed by atoms with Gasteiger partial charge in [-0.05, 0) is 98.8 Å². The topological polar surface area (TPSA) is 89.9 Å². The second-order valence-electron chi connectivity index (χ2n) is 18.2. The SMILES string of the molecule is CCSc1nc2c3c(nc(-c4cc(OCOC)cc5ccc(F)c(C#C[Si](C(C)C)(C(C)C)C(C)C)c45)c(F)c3n1)CCC[C@@H]1[C@@H]3CC[C@H](CN21)N3C(=O)OC(C)(C)C. The van der Waals surface area contributed by atoms with E-state index in [1.54, 1.807) is 12.1 Å². The van der Waals surface area contributed by atoms with Crippen molar-refractivity contribution in [3.05, 3.63) is 47.2 Å². The van der Waals surface area contributed by atoms with Gasteiger partial charge in [0.2, 0.25) is 0 Å². The zero-order valence-corrected chi connectivity index (χ0v) is 38.3. The average molecular weight is 844 g/mol. The smallest absolute Gasteiger partial charge is 0.410 e. The van der Waals surface area contributed by atoms with Crippen LogP contribution in [0.5, 0.6) is 5.75 Å². The molecule has 0 radical (unpaired) electrons. The first-order valence-corrected chi connectivity index (χ1v) is 24.4. The van der Waals surface area contributed by atoms with Crippen molar-refractivity contribution in [3.8, 4) is 28.5 Å². The van der Waals surface area contributed by atoms with Gasteiger partial charge < -0.3 is 19.1 Å². The lowest BCUT2D eigenvalue weighted by atomic mass is 9.92. The number of hydrogen-bond acceptors (Lipinski definition) is 9. The second kappa shape index (κ2) is 16.8. The number of benzene rings is 2. The van der Waals surface area contributed by atoms with Crippen LogP contribution in [-0.2, 0) is 15.9 Å². The van der Waals surface area contributed by atoms with Crippen molar-refractivity contribution in [2.45, 2.75) is 147 Å². The number of carbonyl (C=O) groups is 1. The summed E-state index contributed by atoms with van der Waals surface area (Å²) in [7, 11) is -0.745. The van der Waals surface area contributed by atoms with Gasteiger partial charge in [-0.15, -0.1) is 5.54 Å². The predicted molar refractivity (Wildman–Crippen MR) is 236 cm³/mol. The molecule has 0 aliphatic carbocycles. The van der Waals surface area contributed by atoms with Crippen LogP contribution in [0.25, 0.3) is 32.9 Å². The highest BCUT2D eigenvalue weighted by Gasteiger charge is 2.51. The molecule has 2 fully saturated rings. The number of anilines is 1. The summed E-state index contributed by atoms with van der Waals surface area (Å²) in [5.74, 6) is 4.08. The summed E-state index contributed by atoms with van der Waals surface area (Å²) in [6.07, 6.45) is 3.50. The molecule has 5 heterocycles. The van der Waals surface area contributed by atoms with E-state index in [4.69, 9.17) is 29.2 Å². The minimum Gasteiger partial charge on any atom is -0.468 e. The number of piperazine rings is 1. The number of aromatic nitrogens is 3. The molecule has 13 heteroatoms. The van der Waals surface area contributed by atoms with E-state index in [1.807, 2.05) is 38.7 Å². The lowest BCUT2D eigenvalue weighted by Crippen LogP contribution is -2.62. The number of ether oxygens (including phenoxy) is 3. The zero-order chi connectivity index (χ0) is 42.6. The van der Waals surface area contributed by atoms with Crippen LogP contribution in [0.1, 0.15) is 106 Å². The fraction of sp³-hybridized carbons (Fsp3) is 0.565. The largest absolute Gasteiger partial charge is 0.468 e. The van der Waals surface area contributed by atoms with E-state index in [2.05, 4.69) is 57.9 Å². The molecular weight excluding hydrogens is 785 g/mol. The van der Waals surface area contributed by atoms with Crippen molar-refractivity contribution in [1.29, 1.82) is 0 Å². The van der Waals surface area contributed by atoms with Gasteiger partial charge in [0.15, 0.2) is 17.8 Å². The van der Waals surface area contributed by atoms with Gasteiger partial charge in [0.05, 0.1) is 34.8 Å². The van der Waals surface area contributed by atoms with Crippen molar-refractivity contribution < 1.29 is 27.8 Å². The first-order valence-electron chi connectivity index (χ1n) is 21.2. The van der Waals surface area contributed by atoms with E-state index < -0.39 is 25.3 Å². The van der Waals surface area contributed by atoms with E-state index in [9.17, 15) is 4.79 Å². The summed E-state index contributed by atoms with van der Waals surface area (Å²) in [6, 6.07) is 6.50. The lowest BCUT2D eigenvalue weighted by molar-refractivity contribution is 0.00700. The minimum absolute atomic E-state index is 0.0263. The number of pyridine rings is 1. The highest BCUT2D eigenvalue weighted by molar-refractivity contribution is 7.99. The van der Waals surface area contributed by atoms with Gasteiger partial charge in [-0.3, -0.25) is 4.90 Å². The highest BCUT2D eigenvalue weighted by Crippen LogP contribution is 2.46. The van der Waals surface area contributed by atoms with E-state index in [1.165, 1.54) is 24.9 Å². The number of amides is 1. The van der Waals surface area contributed by atoms with E-state index in [-0.39, 0.29) is 47.8 Å². The molecule has 4 aromatic rings. The van der Waals surface area contributed by atoms with Crippen LogP contribution in [0, 0.1) is 23.1 Å². The Balaban J connectivity index is 1.46. The quantitative estimate of drug-likeness (QED) is 0.0537. The van der Waals surface area contributed by atoms with Crippen LogP contribution in [-0.4, -0.2) is 83.9 Å². The van der Waals surface area contributed by atoms with Gasteiger partial charge in [-0.25, -0.2) is 28.5 Å². The molecule has 9 nitrogen and oxygen atoms in total. The molecule has 59 heavy (non-hydrogen) atoms. The number of hydrogen-bond donors (Lipinski definition) is 0. The summed E-state index contributed by atoms with van der Waals surface area (Å²) in [5, 5.41) is 2.19.